The molecule has 0 radical (unpaired) electrons. The Balaban J connectivity index is 2.18. The number of halogens is 1. The summed E-state index contributed by atoms with van der Waals surface area (Å²) in [5.41, 5.74) is 0.756. The van der Waals surface area contributed by atoms with Crippen molar-refractivity contribution in [3.05, 3.63) is 29.8 Å². The van der Waals surface area contributed by atoms with E-state index in [9.17, 15) is 4.39 Å². The average Bonchev–Trinajstić information content (AvgIpc) is 2.18. The topological polar surface area (TPSA) is 24.9 Å². The van der Waals surface area contributed by atoms with Crippen molar-refractivity contribution >= 4 is 0 Å². The number of hydrogen-bond acceptors (Lipinski definition) is 2. The zero-order valence-corrected chi connectivity index (χ0v) is 8.33. The highest BCUT2D eigenvalue weighted by Gasteiger charge is 2.21. The Morgan fingerprint density at radius 3 is 3.14 bits per heavy atom. The van der Waals surface area contributed by atoms with Crippen LogP contribution in [0, 0.1) is 11.7 Å². The predicted molar refractivity (Wildman–Crippen MR) is 53.3 cm³/mol. The lowest BCUT2D eigenvalue weighted by Crippen LogP contribution is -2.31. The van der Waals surface area contributed by atoms with Gasteiger partial charge >= 0.3 is 0 Å². The van der Waals surface area contributed by atoms with Crippen molar-refractivity contribution in [3.8, 4) is 0 Å². The maximum Gasteiger partial charge on any atom is 0.146 e. The Morgan fingerprint density at radius 1 is 1.57 bits per heavy atom. The summed E-state index contributed by atoms with van der Waals surface area (Å²) >= 11 is 0. The van der Waals surface area contributed by atoms with E-state index in [-0.39, 0.29) is 11.9 Å². The molecule has 3 heteroatoms. The molecular weight excluding hydrogens is 179 g/mol. The first kappa shape index (κ1) is 9.59. The molecule has 2 atom stereocenters. The van der Waals surface area contributed by atoms with Crippen LogP contribution in [0.4, 0.5) is 4.39 Å². The van der Waals surface area contributed by atoms with Gasteiger partial charge in [-0.1, -0.05) is 6.92 Å². The maximum absolute atomic E-state index is 13.4. The van der Waals surface area contributed by atoms with E-state index in [4.69, 9.17) is 0 Å². The molecule has 76 valence electrons. The normalized spacial score (nSPS) is 27.6. The van der Waals surface area contributed by atoms with E-state index < -0.39 is 0 Å². The van der Waals surface area contributed by atoms with Crippen LogP contribution in [0.3, 0.4) is 0 Å². The summed E-state index contributed by atoms with van der Waals surface area (Å²) in [4.78, 5) is 3.76. The molecule has 2 nitrogen and oxygen atoms in total. The second-order valence-electron chi connectivity index (χ2n) is 4.03. The second kappa shape index (κ2) is 4.05. The SMILES string of the molecule is CC1CCNC(c2ccncc2F)C1. The number of nitrogens with zero attached hydrogens (tertiary/aromatic N) is 1. The van der Waals surface area contributed by atoms with Crippen LogP contribution in [0.5, 0.6) is 0 Å². The van der Waals surface area contributed by atoms with Gasteiger partial charge in [0.05, 0.1) is 6.20 Å². The van der Waals surface area contributed by atoms with E-state index in [1.54, 1.807) is 12.3 Å². The molecule has 2 rings (SSSR count). The predicted octanol–water partition coefficient (Wildman–Crippen LogP) is 2.28. The van der Waals surface area contributed by atoms with Gasteiger partial charge in [0.25, 0.3) is 0 Å². The summed E-state index contributed by atoms with van der Waals surface area (Å²) in [6, 6.07) is 1.94. The van der Waals surface area contributed by atoms with E-state index in [0.29, 0.717) is 5.92 Å². The lowest BCUT2D eigenvalue weighted by atomic mass is 9.90. The van der Waals surface area contributed by atoms with Crippen molar-refractivity contribution in [3.63, 3.8) is 0 Å². The average molecular weight is 194 g/mol. The van der Waals surface area contributed by atoms with Gasteiger partial charge in [-0.2, -0.15) is 0 Å². The third-order valence-corrected chi connectivity index (χ3v) is 2.85. The smallest absolute Gasteiger partial charge is 0.146 e. The van der Waals surface area contributed by atoms with E-state index in [0.717, 1.165) is 18.5 Å². The van der Waals surface area contributed by atoms with Gasteiger partial charge in [0.1, 0.15) is 5.82 Å². The van der Waals surface area contributed by atoms with Crippen molar-refractivity contribution < 1.29 is 4.39 Å². The van der Waals surface area contributed by atoms with Gasteiger partial charge < -0.3 is 5.32 Å². The van der Waals surface area contributed by atoms with E-state index in [1.165, 1.54) is 12.6 Å². The molecule has 1 saturated heterocycles. The minimum Gasteiger partial charge on any atom is -0.310 e. The quantitative estimate of drug-likeness (QED) is 0.742. The Morgan fingerprint density at radius 2 is 2.43 bits per heavy atom. The van der Waals surface area contributed by atoms with Gasteiger partial charge in [-0.25, -0.2) is 4.39 Å². The number of rotatable bonds is 1. The van der Waals surface area contributed by atoms with E-state index >= 15 is 0 Å². The Hall–Kier alpha value is -0.960. The minimum atomic E-state index is -0.195. The van der Waals surface area contributed by atoms with Crippen LogP contribution in [-0.2, 0) is 0 Å². The van der Waals surface area contributed by atoms with Gasteiger partial charge in [-0.15, -0.1) is 0 Å². The molecule has 0 aliphatic carbocycles. The lowest BCUT2D eigenvalue weighted by molar-refractivity contribution is 0.319. The maximum atomic E-state index is 13.4. The fourth-order valence-corrected chi connectivity index (χ4v) is 2.01. The van der Waals surface area contributed by atoms with Crippen LogP contribution < -0.4 is 5.32 Å². The van der Waals surface area contributed by atoms with Crippen LogP contribution in [0.15, 0.2) is 18.5 Å². The van der Waals surface area contributed by atoms with Crippen molar-refractivity contribution in [1.82, 2.24) is 10.3 Å². The van der Waals surface area contributed by atoms with Crippen molar-refractivity contribution in [2.45, 2.75) is 25.8 Å². The molecule has 1 aliphatic heterocycles. The number of nitrogens with one attached hydrogen (secondary N) is 1. The molecule has 0 aromatic carbocycles. The summed E-state index contributed by atoms with van der Waals surface area (Å²) in [5.74, 6) is 0.480. The van der Waals surface area contributed by atoms with E-state index in [1.807, 2.05) is 0 Å². The Labute approximate surface area is 83.6 Å². The van der Waals surface area contributed by atoms with Crippen molar-refractivity contribution in [1.29, 1.82) is 0 Å². The van der Waals surface area contributed by atoms with E-state index in [2.05, 4.69) is 17.2 Å². The highest BCUT2D eigenvalue weighted by atomic mass is 19.1. The zero-order valence-electron chi connectivity index (χ0n) is 8.33. The summed E-state index contributed by atoms with van der Waals surface area (Å²) in [6.07, 6.45) is 5.14. The van der Waals surface area contributed by atoms with Gasteiger partial charge in [0.15, 0.2) is 0 Å². The molecule has 2 unspecified atom stereocenters. The third kappa shape index (κ3) is 1.93. The fraction of sp³-hybridized carbons (Fsp3) is 0.545. The molecule has 1 fully saturated rings. The lowest BCUT2D eigenvalue weighted by Gasteiger charge is -2.28. The van der Waals surface area contributed by atoms with Gasteiger partial charge in [0.2, 0.25) is 0 Å². The number of piperidine rings is 1. The molecule has 14 heavy (non-hydrogen) atoms. The van der Waals surface area contributed by atoms with Crippen LogP contribution in [0.25, 0.3) is 0 Å². The summed E-state index contributed by atoms with van der Waals surface area (Å²) in [5, 5.41) is 3.34. The third-order valence-electron chi connectivity index (χ3n) is 2.85. The number of aromatic nitrogens is 1. The molecular formula is C11H15FN2. The van der Waals surface area contributed by atoms with Crippen LogP contribution in [0.1, 0.15) is 31.4 Å². The van der Waals surface area contributed by atoms with Crippen LogP contribution >= 0.6 is 0 Å². The molecule has 0 saturated carbocycles. The monoisotopic (exact) mass is 194 g/mol. The van der Waals surface area contributed by atoms with Crippen molar-refractivity contribution in [2.75, 3.05) is 6.54 Å². The van der Waals surface area contributed by atoms with Gasteiger partial charge in [0, 0.05) is 17.8 Å². The molecule has 0 bridgehead atoms. The minimum absolute atomic E-state index is 0.168. The molecule has 0 spiro atoms. The van der Waals surface area contributed by atoms with Gasteiger partial charge in [-0.05, 0) is 31.4 Å². The fourth-order valence-electron chi connectivity index (χ4n) is 2.01. The first-order valence-electron chi connectivity index (χ1n) is 5.10. The summed E-state index contributed by atoms with van der Waals surface area (Å²) < 4.78 is 13.4. The number of pyridine rings is 1. The molecule has 2 heterocycles. The highest BCUT2D eigenvalue weighted by Crippen LogP contribution is 2.27. The van der Waals surface area contributed by atoms with Gasteiger partial charge in [-0.3, -0.25) is 4.98 Å². The zero-order chi connectivity index (χ0) is 9.97. The molecule has 1 aliphatic rings. The van der Waals surface area contributed by atoms with Crippen LogP contribution in [0.2, 0.25) is 0 Å². The van der Waals surface area contributed by atoms with Crippen molar-refractivity contribution in [2.24, 2.45) is 5.92 Å². The Bertz CT molecular complexity index is 314. The summed E-state index contributed by atoms with van der Waals surface area (Å²) in [6.45, 7) is 3.19. The Kier molecular flexibility index (Phi) is 2.77. The first-order chi connectivity index (χ1) is 6.77. The molecule has 1 aromatic heterocycles. The second-order valence-corrected chi connectivity index (χ2v) is 4.03. The van der Waals surface area contributed by atoms with Crippen LogP contribution in [-0.4, -0.2) is 11.5 Å². The first-order valence-corrected chi connectivity index (χ1v) is 5.10. The largest absolute Gasteiger partial charge is 0.310 e. The molecule has 0 amide bonds. The highest BCUT2D eigenvalue weighted by molar-refractivity contribution is 5.18. The molecule has 1 N–H and O–H groups in total. The number of hydrogen-bond donors (Lipinski definition) is 1. The summed E-state index contributed by atoms with van der Waals surface area (Å²) in [7, 11) is 0. The molecule has 1 aromatic rings. The standard InChI is InChI=1S/C11H15FN2/c1-8-2-5-14-11(6-8)9-3-4-13-7-10(9)12/h3-4,7-8,11,14H,2,5-6H2,1H3.